The molecular formula is C34H54F2N2O8S. The molecule has 0 unspecified atom stereocenters. The van der Waals surface area contributed by atoms with E-state index >= 15 is 0 Å². The first kappa shape index (κ1) is 42.0. The van der Waals surface area contributed by atoms with Gasteiger partial charge in [0, 0.05) is 12.8 Å². The van der Waals surface area contributed by atoms with E-state index in [0.717, 1.165) is 44.6 Å². The average molecular weight is 689 g/mol. The number of benzene rings is 1. The van der Waals surface area contributed by atoms with Gasteiger partial charge in [-0.25, -0.2) is 22.0 Å². The molecule has 0 heterocycles. The fourth-order valence-electron chi connectivity index (χ4n) is 5.02. The second-order valence-electron chi connectivity index (χ2n) is 12.0. The molecular weight excluding hydrogens is 634 g/mol. The Morgan fingerprint density at radius 3 is 2.04 bits per heavy atom. The number of hydrogen-bond donors (Lipinski definition) is 4. The van der Waals surface area contributed by atoms with E-state index in [-0.39, 0.29) is 17.9 Å². The van der Waals surface area contributed by atoms with Gasteiger partial charge in [0.15, 0.2) is 5.60 Å². The van der Waals surface area contributed by atoms with E-state index < -0.39 is 58.0 Å². The Morgan fingerprint density at radius 1 is 0.936 bits per heavy atom. The average Bonchev–Trinajstić information content (AvgIpc) is 3.00. The monoisotopic (exact) mass is 688 g/mol. The van der Waals surface area contributed by atoms with Crippen molar-refractivity contribution in [2.24, 2.45) is 11.7 Å². The van der Waals surface area contributed by atoms with Crippen molar-refractivity contribution in [1.82, 2.24) is 5.32 Å². The molecule has 0 spiro atoms. The third-order valence-corrected chi connectivity index (χ3v) is 9.71. The number of carboxylic acid groups (broad SMARTS) is 1. The highest BCUT2D eigenvalue weighted by molar-refractivity contribution is 7.91. The summed E-state index contributed by atoms with van der Waals surface area (Å²) in [5.74, 6) is -5.13. The lowest BCUT2D eigenvalue weighted by Crippen LogP contribution is -2.56. The van der Waals surface area contributed by atoms with E-state index in [2.05, 4.69) is 12.2 Å². The molecule has 0 saturated carbocycles. The molecule has 0 aliphatic carbocycles. The minimum absolute atomic E-state index is 0.0678. The Hall–Kier alpha value is -3.06. The van der Waals surface area contributed by atoms with E-state index in [4.69, 9.17) is 10.5 Å². The highest BCUT2D eigenvalue weighted by Gasteiger charge is 2.49. The smallest absolute Gasteiger partial charge is 0.337 e. The van der Waals surface area contributed by atoms with Crippen LogP contribution in [0.5, 0.6) is 5.75 Å². The quantitative estimate of drug-likeness (QED) is 0.0707. The molecule has 10 nitrogen and oxygen atoms in total. The van der Waals surface area contributed by atoms with Gasteiger partial charge >= 0.3 is 5.97 Å². The Bertz CT molecular complexity index is 1210. The molecule has 0 bridgehead atoms. The minimum Gasteiger partial charge on any atom is -0.494 e. The maximum Gasteiger partial charge on any atom is 0.337 e. The lowest BCUT2D eigenvalue weighted by Gasteiger charge is -2.30. The summed E-state index contributed by atoms with van der Waals surface area (Å²) < 4.78 is 56.8. The van der Waals surface area contributed by atoms with Crippen LogP contribution in [0.1, 0.15) is 103 Å². The van der Waals surface area contributed by atoms with Gasteiger partial charge in [0.25, 0.3) is 0 Å². The SMILES string of the molecule is CCCCCCCS(=O)(=O)CCCCCC/C=C/[C@H](C(=O)N[C@@H](Cc1ccc(OCCCC)cc1)C(N)=O)[C@@](O)(CC(F)F)C(=O)O. The van der Waals surface area contributed by atoms with Crippen LogP contribution in [-0.2, 0) is 30.6 Å². The van der Waals surface area contributed by atoms with Crippen LogP contribution in [0.15, 0.2) is 36.4 Å². The number of aliphatic hydroxyl groups is 1. The van der Waals surface area contributed by atoms with Gasteiger partial charge in [0.1, 0.15) is 21.6 Å². The fourth-order valence-corrected chi connectivity index (χ4v) is 6.51. The van der Waals surface area contributed by atoms with E-state index in [9.17, 15) is 41.8 Å². The predicted molar refractivity (Wildman–Crippen MR) is 178 cm³/mol. The number of carbonyl (C=O) groups excluding carboxylic acids is 2. The number of nitrogens with one attached hydrogen (secondary N) is 1. The third-order valence-electron chi connectivity index (χ3n) is 7.89. The standard InChI is InChI=1S/C34H54F2N2O8S/c1-3-5-7-11-14-22-47(44,45)23-15-12-9-8-10-13-16-28(34(43,33(41)42)25-30(35)36)32(40)38-29(31(37)39)24-26-17-19-27(20-18-26)46-21-6-4-2/h13,16-20,28-30,43H,3-12,14-15,21-25H2,1-2H3,(H2,37,39)(H,38,40)(H,41,42)/b16-13+/t28-,29+,34+/m1/s1. The predicted octanol–water partition coefficient (Wildman–Crippen LogP) is 5.36. The van der Waals surface area contributed by atoms with Crippen molar-refractivity contribution in [3.63, 3.8) is 0 Å². The molecule has 1 aromatic rings. The zero-order valence-corrected chi connectivity index (χ0v) is 28.6. The van der Waals surface area contributed by atoms with Crippen molar-refractivity contribution in [2.45, 2.75) is 122 Å². The fraction of sp³-hybridized carbons (Fsp3) is 0.676. The summed E-state index contributed by atoms with van der Waals surface area (Å²) in [6.07, 6.45) is 6.98. The van der Waals surface area contributed by atoms with Crippen LogP contribution < -0.4 is 15.8 Å². The van der Waals surface area contributed by atoms with Crippen LogP contribution in [0, 0.1) is 5.92 Å². The van der Waals surface area contributed by atoms with Crippen molar-refractivity contribution >= 4 is 27.6 Å². The minimum atomic E-state index is -3.24. The van der Waals surface area contributed by atoms with Crippen molar-refractivity contribution in [2.75, 3.05) is 18.1 Å². The van der Waals surface area contributed by atoms with Crippen molar-refractivity contribution < 1.29 is 46.5 Å². The van der Waals surface area contributed by atoms with Gasteiger partial charge in [-0.15, -0.1) is 0 Å². The second-order valence-corrected chi connectivity index (χ2v) is 14.3. The van der Waals surface area contributed by atoms with Crippen LogP contribution in [0.3, 0.4) is 0 Å². The second kappa shape index (κ2) is 22.5. The molecule has 0 aliphatic rings. The molecule has 0 fully saturated rings. The normalized spacial score (nSPS) is 14.5. The number of sulfone groups is 1. The number of unbranched alkanes of at least 4 members (excludes halogenated alkanes) is 9. The number of allylic oxidation sites excluding steroid dienone is 1. The van der Waals surface area contributed by atoms with Gasteiger partial charge in [-0.05, 0) is 49.8 Å². The summed E-state index contributed by atoms with van der Waals surface area (Å²) in [5, 5.41) is 22.9. The number of amides is 2. The van der Waals surface area contributed by atoms with Crippen LogP contribution in [0.25, 0.3) is 0 Å². The summed E-state index contributed by atoms with van der Waals surface area (Å²) in [5.41, 5.74) is 2.96. The number of ether oxygens (including phenoxy) is 1. The lowest BCUT2D eigenvalue weighted by molar-refractivity contribution is -0.171. The number of rotatable bonds is 27. The van der Waals surface area contributed by atoms with E-state index in [1.807, 2.05) is 6.92 Å². The number of nitrogens with two attached hydrogens (primary N) is 1. The van der Waals surface area contributed by atoms with Crippen molar-refractivity contribution in [3.8, 4) is 5.75 Å². The van der Waals surface area contributed by atoms with Crippen molar-refractivity contribution in [3.05, 3.63) is 42.0 Å². The van der Waals surface area contributed by atoms with Gasteiger partial charge in [0.05, 0.1) is 24.0 Å². The number of carbonyl (C=O) groups is 3. The molecule has 47 heavy (non-hydrogen) atoms. The van der Waals surface area contributed by atoms with Crippen molar-refractivity contribution in [1.29, 1.82) is 0 Å². The van der Waals surface area contributed by atoms with Gasteiger partial charge in [-0.2, -0.15) is 0 Å². The summed E-state index contributed by atoms with van der Waals surface area (Å²) in [6, 6.07) is 5.42. The topological polar surface area (TPSA) is 173 Å². The molecule has 2 amide bonds. The summed E-state index contributed by atoms with van der Waals surface area (Å²) in [6.45, 7) is 4.67. The van der Waals surface area contributed by atoms with Gasteiger partial charge < -0.3 is 26.0 Å². The highest BCUT2D eigenvalue weighted by Crippen LogP contribution is 2.28. The molecule has 3 atom stereocenters. The summed E-state index contributed by atoms with van der Waals surface area (Å²) in [4.78, 5) is 37.5. The largest absolute Gasteiger partial charge is 0.494 e. The number of carboxylic acids is 1. The highest BCUT2D eigenvalue weighted by atomic mass is 32.2. The third kappa shape index (κ3) is 17.1. The summed E-state index contributed by atoms with van der Waals surface area (Å²) >= 11 is 0. The molecule has 0 aromatic heterocycles. The molecule has 1 rings (SSSR count). The van der Waals surface area contributed by atoms with Gasteiger partial charge in [0.2, 0.25) is 18.2 Å². The molecule has 1 aromatic carbocycles. The number of halogens is 2. The Balaban J connectivity index is 2.84. The Kier molecular flexibility index (Phi) is 20.1. The molecule has 0 aliphatic heterocycles. The van der Waals surface area contributed by atoms with Crippen LogP contribution >= 0.6 is 0 Å². The first-order valence-electron chi connectivity index (χ1n) is 16.7. The maximum absolute atomic E-state index is 13.4. The molecule has 13 heteroatoms. The van der Waals surface area contributed by atoms with Gasteiger partial charge in [-0.1, -0.05) is 83.1 Å². The number of alkyl halides is 2. The first-order valence-corrected chi connectivity index (χ1v) is 18.5. The zero-order chi connectivity index (χ0) is 35.3. The lowest BCUT2D eigenvalue weighted by atomic mass is 9.82. The van der Waals surface area contributed by atoms with Gasteiger partial charge in [-0.3, -0.25) is 9.59 Å². The van der Waals surface area contributed by atoms with Crippen LogP contribution in [0.2, 0.25) is 0 Å². The number of aliphatic carboxylic acids is 1. The van der Waals surface area contributed by atoms with E-state index in [1.165, 1.54) is 6.08 Å². The molecule has 0 saturated heterocycles. The molecule has 5 N–H and O–H groups in total. The molecule has 0 radical (unpaired) electrons. The summed E-state index contributed by atoms with van der Waals surface area (Å²) in [7, 11) is -3.11. The Labute approximate surface area is 278 Å². The zero-order valence-electron chi connectivity index (χ0n) is 27.8. The van der Waals surface area contributed by atoms with Crippen LogP contribution in [0.4, 0.5) is 8.78 Å². The van der Waals surface area contributed by atoms with Crippen LogP contribution in [-0.4, -0.2) is 72.6 Å². The molecule has 268 valence electrons. The van der Waals surface area contributed by atoms with E-state index in [0.29, 0.717) is 56.4 Å². The number of primary amides is 1. The number of hydrogen-bond acceptors (Lipinski definition) is 7. The maximum atomic E-state index is 13.4. The Morgan fingerprint density at radius 2 is 1.51 bits per heavy atom. The first-order chi connectivity index (χ1) is 22.3. The van der Waals surface area contributed by atoms with E-state index in [1.54, 1.807) is 24.3 Å².